The molecule has 7 rings (SSSR count). The summed E-state index contributed by atoms with van der Waals surface area (Å²) >= 11 is 1.43. The Balaban J connectivity index is 1.35. The van der Waals surface area contributed by atoms with E-state index in [2.05, 4.69) is 10.6 Å². The highest BCUT2D eigenvalue weighted by Gasteiger charge is 2.29. The van der Waals surface area contributed by atoms with Crippen molar-refractivity contribution < 1.29 is 9.59 Å². The van der Waals surface area contributed by atoms with Crippen molar-refractivity contribution in [2.45, 2.75) is 70.8 Å². The van der Waals surface area contributed by atoms with Gasteiger partial charge in [0, 0.05) is 22.8 Å². The molecule has 2 amide bonds. The van der Waals surface area contributed by atoms with Crippen molar-refractivity contribution in [1.82, 2.24) is 14.0 Å². The standard InChI is InChI=1S/C34H34N6O3S/c1-20-11-10-18-39-29(20)37-30-25(34(39)43)19-24(28(35)40(30)22-14-6-3-7-15-22)31(41)38-33-27(23-16-8-9-17-26(23)44-33)32(42)36-21-12-4-2-5-13-21/h2,4-5,10-13,18-19,22,35H,3,6-9,14-17H2,1H3,(H,36,42)(H,38,41). The molecular formula is C34H34N6O3S. The second-order valence-corrected chi connectivity index (χ2v) is 12.9. The Labute approximate surface area is 258 Å². The Hall–Kier alpha value is -4.57. The summed E-state index contributed by atoms with van der Waals surface area (Å²) in [4.78, 5) is 47.6. The van der Waals surface area contributed by atoms with Crippen molar-refractivity contribution in [3.05, 3.63) is 97.7 Å². The van der Waals surface area contributed by atoms with Gasteiger partial charge in [0.05, 0.1) is 16.5 Å². The van der Waals surface area contributed by atoms with E-state index in [4.69, 9.17) is 4.98 Å². The summed E-state index contributed by atoms with van der Waals surface area (Å²) in [7, 11) is 0. The van der Waals surface area contributed by atoms with E-state index in [-0.39, 0.29) is 28.6 Å². The SMILES string of the molecule is Cc1cccn2c(=O)c3cc(C(=O)Nc4sc5c(c4C(=O)Nc4ccccc4)CCCC5)c(=N)n(C4CCCCC4)c3nc12. The van der Waals surface area contributed by atoms with Gasteiger partial charge in [0.1, 0.15) is 21.8 Å². The summed E-state index contributed by atoms with van der Waals surface area (Å²) in [6.07, 6.45) is 10.2. The lowest BCUT2D eigenvalue weighted by atomic mass is 9.94. The van der Waals surface area contributed by atoms with Gasteiger partial charge in [-0.25, -0.2) is 4.98 Å². The molecule has 3 N–H and O–H groups in total. The van der Waals surface area contributed by atoms with E-state index in [0.717, 1.165) is 73.8 Å². The first kappa shape index (κ1) is 28.2. The predicted octanol–water partition coefficient (Wildman–Crippen LogP) is 6.39. The molecule has 5 aromatic rings. The number of nitrogens with one attached hydrogen (secondary N) is 3. The van der Waals surface area contributed by atoms with Crippen molar-refractivity contribution in [3.8, 4) is 0 Å². The molecule has 4 heterocycles. The molecule has 9 nitrogen and oxygen atoms in total. The van der Waals surface area contributed by atoms with Crippen LogP contribution in [0.4, 0.5) is 10.7 Å². The van der Waals surface area contributed by atoms with Crippen molar-refractivity contribution >= 4 is 50.5 Å². The van der Waals surface area contributed by atoms with Crippen LogP contribution in [-0.4, -0.2) is 25.8 Å². The van der Waals surface area contributed by atoms with E-state index in [9.17, 15) is 19.8 Å². The maximum atomic E-state index is 14.1. The molecule has 0 aliphatic heterocycles. The lowest BCUT2D eigenvalue weighted by Gasteiger charge is -2.26. The largest absolute Gasteiger partial charge is 0.322 e. The van der Waals surface area contributed by atoms with Gasteiger partial charge in [-0.3, -0.25) is 24.2 Å². The molecule has 1 aromatic carbocycles. The molecule has 0 saturated heterocycles. The Kier molecular flexibility index (Phi) is 7.37. The summed E-state index contributed by atoms with van der Waals surface area (Å²) < 4.78 is 3.31. The van der Waals surface area contributed by atoms with E-state index in [0.29, 0.717) is 32.9 Å². The van der Waals surface area contributed by atoms with Crippen molar-refractivity contribution in [2.75, 3.05) is 10.6 Å². The fourth-order valence-electron chi connectivity index (χ4n) is 6.71. The monoisotopic (exact) mass is 606 g/mol. The third-order valence-electron chi connectivity index (χ3n) is 8.92. The number of pyridine rings is 2. The number of fused-ring (bicyclic) bond motifs is 3. The first-order valence-corrected chi connectivity index (χ1v) is 16.2. The van der Waals surface area contributed by atoms with Gasteiger partial charge in [0.2, 0.25) is 0 Å². The molecule has 1 fully saturated rings. The number of carbonyl (C=O) groups excluding carboxylic acids is 2. The number of nitrogens with zero attached hydrogens (tertiary/aromatic N) is 3. The van der Waals surface area contributed by atoms with Crippen molar-refractivity contribution in [2.24, 2.45) is 0 Å². The molecule has 2 aliphatic carbocycles. The normalized spacial score (nSPS) is 15.3. The molecule has 2 aliphatic rings. The van der Waals surface area contributed by atoms with Crippen LogP contribution >= 0.6 is 11.3 Å². The Morgan fingerprint density at radius 3 is 2.50 bits per heavy atom. The molecule has 0 bridgehead atoms. The molecule has 10 heteroatoms. The van der Waals surface area contributed by atoms with Crippen LogP contribution in [0.25, 0.3) is 16.7 Å². The summed E-state index contributed by atoms with van der Waals surface area (Å²) in [5.41, 5.74) is 3.83. The first-order valence-electron chi connectivity index (χ1n) is 15.3. The maximum absolute atomic E-state index is 14.1. The molecule has 44 heavy (non-hydrogen) atoms. The molecule has 4 aromatic heterocycles. The van der Waals surface area contributed by atoms with Gasteiger partial charge in [-0.05, 0) is 80.8 Å². The third-order valence-corrected chi connectivity index (χ3v) is 10.1. The van der Waals surface area contributed by atoms with Crippen LogP contribution in [0, 0.1) is 12.3 Å². The average Bonchev–Trinajstić information content (AvgIpc) is 3.40. The Bertz CT molecular complexity index is 2050. The van der Waals surface area contributed by atoms with Gasteiger partial charge in [0.25, 0.3) is 17.4 Å². The average molecular weight is 607 g/mol. The number of carbonyl (C=O) groups is 2. The second-order valence-electron chi connectivity index (χ2n) is 11.8. The van der Waals surface area contributed by atoms with Crippen LogP contribution in [0.15, 0.2) is 59.5 Å². The quantitative estimate of drug-likeness (QED) is 0.201. The highest BCUT2D eigenvalue weighted by atomic mass is 32.1. The molecule has 0 unspecified atom stereocenters. The van der Waals surface area contributed by atoms with Gasteiger partial charge in [-0.15, -0.1) is 11.3 Å². The molecule has 0 radical (unpaired) electrons. The predicted molar refractivity (Wildman–Crippen MR) is 173 cm³/mol. The van der Waals surface area contributed by atoms with Crippen LogP contribution in [0.3, 0.4) is 0 Å². The number of rotatable bonds is 5. The Morgan fingerprint density at radius 2 is 1.70 bits per heavy atom. The Morgan fingerprint density at radius 1 is 0.932 bits per heavy atom. The fourth-order valence-corrected chi connectivity index (χ4v) is 7.99. The van der Waals surface area contributed by atoms with Crippen LogP contribution in [0.5, 0.6) is 0 Å². The maximum Gasteiger partial charge on any atom is 0.267 e. The molecule has 224 valence electrons. The van der Waals surface area contributed by atoms with Crippen molar-refractivity contribution in [1.29, 1.82) is 5.41 Å². The van der Waals surface area contributed by atoms with E-state index >= 15 is 0 Å². The summed E-state index contributed by atoms with van der Waals surface area (Å²) in [5.74, 6) is -0.778. The number of thiophene rings is 1. The lowest BCUT2D eigenvalue weighted by molar-refractivity contribution is 0.102. The fraction of sp³-hybridized carbons (Fsp3) is 0.324. The van der Waals surface area contributed by atoms with Gasteiger partial charge >= 0.3 is 0 Å². The zero-order valence-electron chi connectivity index (χ0n) is 24.6. The van der Waals surface area contributed by atoms with Crippen molar-refractivity contribution in [3.63, 3.8) is 0 Å². The smallest absolute Gasteiger partial charge is 0.267 e. The molecule has 0 atom stereocenters. The highest BCUT2D eigenvalue weighted by molar-refractivity contribution is 7.17. The number of aryl methyl sites for hydroxylation is 2. The van der Waals surface area contributed by atoms with Gasteiger partial charge in [-0.1, -0.05) is 43.5 Å². The van der Waals surface area contributed by atoms with Crippen LogP contribution in [-0.2, 0) is 12.8 Å². The lowest BCUT2D eigenvalue weighted by Crippen LogP contribution is -2.35. The zero-order valence-corrected chi connectivity index (χ0v) is 25.4. The molecule has 0 spiro atoms. The summed E-state index contributed by atoms with van der Waals surface area (Å²) in [6.45, 7) is 1.91. The van der Waals surface area contributed by atoms with Gasteiger partial charge < -0.3 is 15.2 Å². The van der Waals surface area contributed by atoms with Crippen LogP contribution in [0.1, 0.15) is 87.7 Å². The molecule has 1 saturated carbocycles. The number of hydrogen-bond acceptors (Lipinski definition) is 6. The summed E-state index contributed by atoms with van der Waals surface area (Å²) in [5, 5.41) is 16.1. The number of para-hydroxylation sites is 1. The van der Waals surface area contributed by atoms with Gasteiger partial charge in [-0.2, -0.15) is 0 Å². The minimum Gasteiger partial charge on any atom is -0.322 e. The van der Waals surface area contributed by atoms with E-state index < -0.39 is 5.91 Å². The second kappa shape index (κ2) is 11.5. The summed E-state index contributed by atoms with van der Waals surface area (Å²) in [6, 6.07) is 14.5. The van der Waals surface area contributed by atoms with Gasteiger partial charge in [0.15, 0.2) is 0 Å². The van der Waals surface area contributed by atoms with E-state index in [1.807, 2.05) is 43.3 Å². The number of aromatic nitrogens is 3. The number of hydrogen-bond donors (Lipinski definition) is 3. The third kappa shape index (κ3) is 4.93. The number of benzene rings is 1. The molecular weight excluding hydrogens is 572 g/mol. The van der Waals surface area contributed by atoms with E-state index in [1.54, 1.807) is 16.8 Å². The minimum atomic E-state index is -0.512. The highest BCUT2D eigenvalue weighted by Crippen LogP contribution is 2.39. The number of amides is 2. The first-order chi connectivity index (χ1) is 21.4. The zero-order chi connectivity index (χ0) is 30.4. The topological polar surface area (TPSA) is 121 Å². The van der Waals surface area contributed by atoms with Crippen LogP contribution in [0.2, 0.25) is 0 Å². The van der Waals surface area contributed by atoms with Crippen LogP contribution < -0.4 is 21.7 Å². The number of anilines is 2. The minimum absolute atomic E-state index is 0.0309. The van der Waals surface area contributed by atoms with E-state index in [1.165, 1.54) is 21.8 Å².